The van der Waals surface area contributed by atoms with Crippen molar-refractivity contribution in [1.29, 1.82) is 0 Å². The number of aromatic nitrogens is 3. The van der Waals surface area contributed by atoms with Crippen LogP contribution in [0.15, 0.2) is 43.0 Å². The monoisotopic (exact) mass is 296 g/mol. The molecular formula is C17H20N4O. The van der Waals surface area contributed by atoms with Crippen LogP contribution in [0.25, 0.3) is 0 Å². The lowest BCUT2D eigenvalue weighted by atomic mass is 10.0. The second kappa shape index (κ2) is 5.55. The van der Waals surface area contributed by atoms with Crippen molar-refractivity contribution in [3.63, 3.8) is 0 Å². The van der Waals surface area contributed by atoms with Crippen LogP contribution in [0.4, 0.5) is 0 Å². The first-order valence-corrected chi connectivity index (χ1v) is 8.01. The molecule has 4 rings (SSSR count). The van der Waals surface area contributed by atoms with Gasteiger partial charge in [0.1, 0.15) is 0 Å². The van der Waals surface area contributed by atoms with Gasteiger partial charge in [-0.25, -0.2) is 0 Å². The number of carbonyl (C=O) groups excluding carboxylic acids is 1. The molecule has 1 amide bonds. The molecule has 1 aliphatic heterocycles. The summed E-state index contributed by atoms with van der Waals surface area (Å²) < 4.78 is 1.99. The Bertz CT molecular complexity index is 640. The van der Waals surface area contributed by atoms with Crippen molar-refractivity contribution in [3.8, 4) is 0 Å². The molecule has 0 aromatic carbocycles. The van der Waals surface area contributed by atoms with Gasteiger partial charge in [0.2, 0.25) is 5.91 Å². The van der Waals surface area contributed by atoms with E-state index in [1.54, 1.807) is 12.4 Å². The van der Waals surface area contributed by atoms with E-state index in [1.165, 1.54) is 5.56 Å². The molecule has 0 unspecified atom stereocenters. The van der Waals surface area contributed by atoms with E-state index in [0.29, 0.717) is 17.9 Å². The number of rotatable bonds is 3. The molecule has 0 bridgehead atoms. The Labute approximate surface area is 130 Å². The van der Waals surface area contributed by atoms with Gasteiger partial charge >= 0.3 is 0 Å². The Morgan fingerprint density at radius 3 is 3.00 bits per heavy atom. The van der Waals surface area contributed by atoms with Crippen molar-refractivity contribution in [1.82, 2.24) is 19.7 Å². The third-order valence-electron chi connectivity index (χ3n) is 4.83. The van der Waals surface area contributed by atoms with Gasteiger partial charge in [0.15, 0.2) is 0 Å². The number of piperidine rings is 1. The molecule has 2 fully saturated rings. The molecule has 22 heavy (non-hydrogen) atoms. The van der Waals surface area contributed by atoms with E-state index in [0.717, 1.165) is 32.4 Å². The molecule has 1 aliphatic carbocycles. The minimum absolute atomic E-state index is 0.153. The molecule has 5 heteroatoms. The molecule has 3 atom stereocenters. The lowest BCUT2D eigenvalue weighted by Gasteiger charge is -2.33. The number of hydrogen-bond acceptors (Lipinski definition) is 3. The van der Waals surface area contributed by atoms with E-state index >= 15 is 0 Å². The van der Waals surface area contributed by atoms with Crippen LogP contribution >= 0.6 is 0 Å². The van der Waals surface area contributed by atoms with Crippen LogP contribution in [0.3, 0.4) is 0 Å². The van der Waals surface area contributed by atoms with Gasteiger partial charge < -0.3 is 4.90 Å². The average Bonchev–Trinajstić information content (AvgIpc) is 3.19. The Hall–Kier alpha value is -2.17. The van der Waals surface area contributed by atoms with Crippen molar-refractivity contribution < 1.29 is 4.79 Å². The van der Waals surface area contributed by atoms with Gasteiger partial charge in [0, 0.05) is 43.8 Å². The van der Waals surface area contributed by atoms with Crippen LogP contribution in [0.2, 0.25) is 0 Å². The maximum absolute atomic E-state index is 12.7. The van der Waals surface area contributed by atoms with Crippen LogP contribution in [-0.2, 0) is 4.79 Å². The second-order valence-electron chi connectivity index (χ2n) is 6.30. The Morgan fingerprint density at radius 2 is 2.23 bits per heavy atom. The summed E-state index contributed by atoms with van der Waals surface area (Å²) in [6, 6.07) is 6.29. The van der Waals surface area contributed by atoms with E-state index in [2.05, 4.69) is 16.1 Å². The zero-order chi connectivity index (χ0) is 14.9. The van der Waals surface area contributed by atoms with Crippen molar-refractivity contribution in [2.24, 2.45) is 5.92 Å². The van der Waals surface area contributed by atoms with E-state index in [9.17, 15) is 4.79 Å². The standard InChI is InChI=1S/C17H20N4O/c22-17(16-10-15(16)13-4-1-6-18-11-13)20-8-2-5-14(12-20)21-9-3-7-19-21/h1,3-4,6-7,9,11,14-16H,2,5,8,10,12H2/t14-,15+,16+/m0/s1. The number of nitrogens with zero attached hydrogens (tertiary/aromatic N) is 4. The molecule has 0 spiro atoms. The number of pyridine rings is 1. The summed E-state index contributed by atoms with van der Waals surface area (Å²) in [4.78, 5) is 18.9. The van der Waals surface area contributed by atoms with Crippen LogP contribution < -0.4 is 0 Å². The molecule has 2 aromatic rings. The lowest BCUT2D eigenvalue weighted by molar-refractivity contribution is -0.134. The Kier molecular flexibility index (Phi) is 3.41. The second-order valence-corrected chi connectivity index (χ2v) is 6.30. The predicted octanol–water partition coefficient (Wildman–Crippen LogP) is 2.25. The predicted molar refractivity (Wildman–Crippen MR) is 82.2 cm³/mol. The maximum atomic E-state index is 12.7. The zero-order valence-corrected chi connectivity index (χ0v) is 12.5. The van der Waals surface area contributed by atoms with Crippen molar-refractivity contribution in [3.05, 3.63) is 48.5 Å². The summed E-state index contributed by atoms with van der Waals surface area (Å²) in [6.07, 6.45) is 10.6. The summed E-state index contributed by atoms with van der Waals surface area (Å²) >= 11 is 0. The molecule has 2 aromatic heterocycles. The van der Waals surface area contributed by atoms with Crippen molar-refractivity contribution in [2.75, 3.05) is 13.1 Å². The quantitative estimate of drug-likeness (QED) is 0.873. The highest BCUT2D eigenvalue weighted by Crippen LogP contribution is 2.48. The number of likely N-dealkylation sites (tertiary alicyclic amines) is 1. The molecular weight excluding hydrogens is 276 g/mol. The van der Waals surface area contributed by atoms with Gasteiger partial charge in [0.05, 0.1) is 6.04 Å². The fourth-order valence-electron chi connectivity index (χ4n) is 3.53. The van der Waals surface area contributed by atoms with Crippen LogP contribution in [0.5, 0.6) is 0 Å². The molecule has 2 aliphatic rings. The van der Waals surface area contributed by atoms with Crippen molar-refractivity contribution >= 4 is 5.91 Å². The normalized spacial score (nSPS) is 27.6. The van der Waals surface area contributed by atoms with Crippen LogP contribution in [-0.4, -0.2) is 38.7 Å². The highest BCUT2D eigenvalue weighted by molar-refractivity contribution is 5.83. The summed E-state index contributed by atoms with van der Waals surface area (Å²) in [5, 5.41) is 4.33. The number of carbonyl (C=O) groups is 1. The molecule has 5 nitrogen and oxygen atoms in total. The average molecular weight is 296 g/mol. The van der Waals surface area contributed by atoms with Gasteiger partial charge in [-0.1, -0.05) is 6.07 Å². The summed E-state index contributed by atoms with van der Waals surface area (Å²) in [5.41, 5.74) is 1.20. The molecule has 1 saturated carbocycles. The zero-order valence-electron chi connectivity index (χ0n) is 12.5. The maximum Gasteiger partial charge on any atom is 0.226 e. The first kappa shape index (κ1) is 13.5. The highest BCUT2D eigenvalue weighted by atomic mass is 16.2. The first-order valence-electron chi connectivity index (χ1n) is 8.01. The smallest absolute Gasteiger partial charge is 0.226 e. The van der Waals surface area contributed by atoms with Gasteiger partial charge in [-0.15, -0.1) is 0 Å². The third kappa shape index (κ3) is 2.51. The highest BCUT2D eigenvalue weighted by Gasteiger charge is 2.46. The molecule has 0 radical (unpaired) electrons. The van der Waals surface area contributed by atoms with Gasteiger partial charge in [-0.2, -0.15) is 5.10 Å². The van der Waals surface area contributed by atoms with Crippen LogP contribution in [0.1, 0.15) is 36.8 Å². The molecule has 0 N–H and O–H groups in total. The minimum atomic E-state index is 0.153. The van der Waals surface area contributed by atoms with E-state index in [1.807, 2.05) is 34.1 Å². The third-order valence-corrected chi connectivity index (χ3v) is 4.83. The lowest BCUT2D eigenvalue weighted by Crippen LogP contribution is -2.41. The van der Waals surface area contributed by atoms with Gasteiger partial charge in [0.25, 0.3) is 0 Å². The largest absolute Gasteiger partial charge is 0.340 e. The molecule has 1 saturated heterocycles. The van der Waals surface area contributed by atoms with E-state index < -0.39 is 0 Å². The first-order chi connectivity index (χ1) is 10.8. The van der Waals surface area contributed by atoms with E-state index in [-0.39, 0.29) is 5.92 Å². The molecule has 3 heterocycles. The fourth-order valence-corrected chi connectivity index (χ4v) is 3.53. The summed E-state index contributed by atoms with van der Waals surface area (Å²) in [7, 11) is 0. The minimum Gasteiger partial charge on any atom is -0.340 e. The fraction of sp³-hybridized carbons (Fsp3) is 0.471. The van der Waals surface area contributed by atoms with E-state index in [4.69, 9.17) is 0 Å². The van der Waals surface area contributed by atoms with Gasteiger partial charge in [-0.05, 0) is 42.9 Å². The van der Waals surface area contributed by atoms with Crippen LogP contribution in [0, 0.1) is 5.92 Å². The van der Waals surface area contributed by atoms with Crippen molar-refractivity contribution in [2.45, 2.75) is 31.2 Å². The number of amides is 1. The van der Waals surface area contributed by atoms with Gasteiger partial charge in [-0.3, -0.25) is 14.5 Å². The number of hydrogen-bond donors (Lipinski definition) is 0. The Morgan fingerprint density at radius 1 is 1.27 bits per heavy atom. The SMILES string of the molecule is O=C([C@@H]1C[C@@H]1c1cccnc1)N1CCC[C@H](n2cccn2)C1. The topological polar surface area (TPSA) is 51.0 Å². The molecule has 114 valence electrons. The summed E-state index contributed by atoms with van der Waals surface area (Å²) in [5.74, 6) is 0.831. The Balaban J connectivity index is 1.41. The summed E-state index contributed by atoms with van der Waals surface area (Å²) in [6.45, 7) is 1.67.